The molecule has 0 bridgehead atoms. The maximum absolute atomic E-state index is 6.29. The Morgan fingerprint density at radius 3 is 2.42 bits per heavy atom. The predicted molar refractivity (Wildman–Crippen MR) is 80.2 cm³/mol. The second-order valence-electron chi connectivity index (χ2n) is 4.37. The monoisotopic (exact) mass is 295 g/mol. The summed E-state index contributed by atoms with van der Waals surface area (Å²) in [5.41, 5.74) is 9.32. The molecule has 0 heterocycles. The molecule has 0 spiro atoms. The van der Waals surface area contributed by atoms with Gasteiger partial charge in [-0.2, -0.15) is 0 Å². The molecule has 0 aliphatic heterocycles. The molecule has 2 aromatic carbocycles. The number of methoxy groups -OCH3 is 1. The number of rotatable bonds is 3. The first-order valence-electron chi connectivity index (χ1n) is 5.88. The largest absolute Gasteiger partial charge is 0.495 e. The maximum Gasteiger partial charge on any atom is 0.137 e. The van der Waals surface area contributed by atoms with Gasteiger partial charge in [0.05, 0.1) is 18.2 Å². The van der Waals surface area contributed by atoms with Gasteiger partial charge in [0, 0.05) is 5.02 Å². The van der Waals surface area contributed by atoms with Crippen LogP contribution in [-0.4, -0.2) is 7.11 Å². The molecule has 0 aliphatic rings. The third-order valence-electron chi connectivity index (χ3n) is 3.10. The summed E-state index contributed by atoms with van der Waals surface area (Å²) in [4.78, 5) is 0. The molecule has 2 rings (SSSR count). The van der Waals surface area contributed by atoms with E-state index < -0.39 is 0 Å². The van der Waals surface area contributed by atoms with Crippen LogP contribution in [0.25, 0.3) is 0 Å². The van der Waals surface area contributed by atoms with E-state index in [9.17, 15) is 0 Å². The fraction of sp³-hybridized carbons (Fsp3) is 0.200. The zero-order chi connectivity index (χ0) is 14.0. The number of halogens is 2. The van der Waals surface area contributed by atoms with Gasteiger partial charge in [0.25, 0.3) is 0 Å². The average molecular weight is 296 g/mol. The topological polar surface area (TPSA) is 35.2 Å². The van der Waals surface area contributed by atoms with Gasteiger partial charge in [-0.3, -0.25) is 0 Å². The number of hydrogen-bond acceptors (Lipinski definition) is 2. The van der Waals surface area contributed by atoms with Crippen molar-refractivity contribution < 1.29 is 4.74 Å². The van der Waals surface area contributed by atoms with E-state index in [-0.39, 0.29) is 6.04 Å². The molecule has 1 unspecified atom stereocenters. The molecule has 2 aromatic rings. The van der Waals surface area contributed by atoms with E-state index in [4.69, 9.17) is 33.7 Å². The molecule has 2 nitrogen and oxygen atoms in total. The minimum atomic E-state index is -0.235. The van der Waals surface area contributed by atoms with E-state index in [0.29, 0.717) is 15.8 Å². The van der Waals surface area contributed by atoms with Gasteiger partial charge >= 0.3 is 0 Å². The normalized spacial score (nSPS) is 12.3. The molecule has 19 heavy (non-hydrogen) atoms. The molecule has 1 atom stereocenters. The Bertz CT molecular complexity index is 599. The SMILES string of the molecule is COc1ccc(C(N)c2ccc(Cl)cc2C)cc1Cl. The maximum atomic E-state index is 6.29. The lowest BCUT2D eigenvalue weighted by molar-refractivity contribution is 0.415. The molecule has 0 aliphatic carbocycles. The summed E-state index contributed by atoms with van der Waals surface area (Å²) >= 11 is 12.1. The van der Waals surface area contributed by atoms with Crippen LogP contribution in [0.4, 0.5) is 0 Å². The molecule has 0 amide bonds. The minimum absolute atomic E-state index is 0.235. The van der Waals surface area contributed by atoms with Gasteiger partial charge in [-0.05, 0) is 47.9 Å². The van der Waals surface area contributed by atoms with E-state index in [2.05, 4.69) is 0 Å². The molecule has 0 fully saturated rings. The average Bonchev–Trinajstić information content (AvgIpc) is 2.38. The summed E-state index contributed by atoms with van der Waals surface area (Å²) in [5.74, 6) is 0.644. The minimum Gasteiger partial charge on any atom is -0.495 e. The van der Waals surface area contributed by atoms with E-state index in [1.165, 1.54) is 0 Å². The lowest BCUT2D eigenvalue weighted by Gasteiger charge is -2.16. The van der Waals surface area contributed by atoms with Crippen LogP contribution >= 0.6 is 23.2 Å². The third kappa shape index (κ3) is 3.03. The van der Waals surface area contributed by atoms with Crippen molar-refractivity contribution in [1.82, 2.24) is 0 Å². The Hall–Kier alpha value is -1.22. The number of nitrogens with two attached hydrogens (primary N) is 1. The van der Waals surface area contributed by atoms with E-state index in [1.54, 1.807) is 7.11 Å². The number of hydrogen-bond donors (Lipinski definition) is 1. The Morgan fingerprint density at radius 1 is 1.11 bits per heavy atom. The smallest absolute Gasteiger partial charge is 0.137 e. The Morgan fingerprint density at radius 2 is 1.84 bits per heavy atom. The van der Waals surface area contributed by atoms with Crippen molar-refractivity contribution in [2.45, 2.75) is 13.0 Å². The number of aryl methyl sites for hydroxylation is 1. The van der Waals surface area contributed by atoms with Crippen LogP contribution in [0.5, 0.6) is 5.75 Å². The zero-order valence-corrected chi connectivity index (χ0v) is 12.3. The lowest BCUT2D eigenvalue weighted by atomic mass is 9.96. The molecule has 0 saturated heterocycles. The second kappa shape index (κ2) is 5.83. The van der Waals surface area contributed by atoms with Gasteiger partial charge in [0.2, 0.25) is 0 Å². The van der Waals surface area contributed by atoms with Gasteiger partial charge in [0.15, 0.2) is 0 Å². The predicted octanol–water partition coefficient (Wildman–Crippen LogP) is 4.36. The van der Waals surface area contributed by atoms with Crippen LogP contribution in [0.2, 0.25) is 10.0 Å². The van der Waals surface area contributed by atoms with Gasteiger partial charge in [-0.1, -0.05) is 35.3 Å². The number of benzene rings is 2. The van der Waals surface area contributed by atoms with Crippen LogP contribution in [0.1, 0.15) is 22.7 Å². The quantitative estimate of drug-likeness (QED) is 0.913. The summed E-state index contributed by atoms with van der Waals surface area (Å²) in [6, 6.07) is 11.0. The lowest BCUT2D eigenvalue weighted by Crippen LogP contribution is -2.13. The molecular formula is C15H15Cl2NO. The van der Waals surface area contributed by atoms with Crippen molar-refractivity contribution in [2.75, 3.05) is 7.11 Å². The first-order chi connectivity index (χ1) is 9.02. The van der Waals surface area contributed by atoms with Gasteiger partial charge in [0.1, 0.15) is 5.75 Å². The van der Waals surface area contributed by atoms with Crippen molar-refractivity contribution >= 4 is 23.2 Å². The summed E-state index contributed by atoms with van der Waals surface area (Å²) in [7, 11) is 1.59. The van der Waals surface area contributed by atoms with Crippen molar-refractivity contribution in [3.8, 4) is 5.75 Å². The van der Waals surface area contributed by atoms with Crippen molar-refractivity contribution in [1.29, 1.82) is 0 Å². The molecule has 2 N–H and O–H groups in total. The fourth-order valence-corrected chi connectivity index (χ4v) is 2.54. The fourth-order valence-electron chi connectivity index (χ4n) is 2.04. The van der Waals surface area contributed by atoms with Crippen LogP contribution in [0.15, 0.2) is 36.4 Å². The van der Waals surface area contributed by atoms with Crippen LogP contribution in [0.3, 0.4) is 0 Å². The molecule has 0 saturated carbocycles. The van der Waals surface area contributed by atoms with Crippen LogP contribution in [-0.2, 0) is 0 Å². The Kier molecular flexibility index (Phi) is 4.35. The third-order valence-corrected chi connectivity index (χ3v) is 3.63. The van der Waals surface area contributed by atoms with Gasteiger partial charge < -0.3 is 10.5 Å². The Labute approximate surface area is 123 Å². The molecule has 0 aromatic heterocycles. The summed E-state index contributed by atoms with van der Waals surface area (Å²) in [6.45, 7) is 1.99. The molecule has 4 heteroatoms. The van der Waals surface area contributed by atoms with Gasteiger partial charge in [-0.15, -0.1) is 0 Å². The second-order valence-corrected chi connectivity index (χ2v) is 5.22. The van der Waals surface area contributed by atoms with E-state index >= 15 is 0 Å². The molecule has 0 radical (unpaired) electrons. The summed E-state index contributed by atoms with van der Waals surface area (Å²) in [6.07, 6.45) is 0. The van der Waals surface area contributed by atoms with Crippen LogP contribution in [0, 0.1) is 6.92 Å². The molecule has 100 valence electrons. The van der Waals surface area contributed by atoms with Crippen LogP contribution < -0.4 is 10.5 Å². The van der Waals surface area contributed by atoms with Crippen molar-refractivity contribution in [3.63, 3.8) is 0 Å². The van der Waals surface area contributed by atoms with Crippen molar-refractivity contribution in [2.24, 2.45) is 5.73 Å². The first-order valence-corrected chi connectivity index (χ1v) is 6.63. The Balaban J connectivity index is 2.38. The first kappa shape index (κ1) is 14.2. The van der Waals surface area contributed by atoms with E-state index in [0.717, 1.165) is 16.7 Å². The summed E-state index contributed by atoms with van der Waals surface area (Å²) in [5, 5.41) is 1.27. The number of ether oxygens (including phenoxy) is 1. The highest BCUT2D eigenvalue weighted by Gasteiger charge is 2.13. The highest BCUT2D eigenvalue weighted by molar-refractivity contribution is 6.32. The summed E-state index contributed by atoms with van der Waals surface area (Å²) < 4.78 is 5.13. The highest BCUT2D eigenvalue weighted by atomic mass is 35.5. The molecular weight excluding hydrogens is 281 g/mol. The van der Waals surface area contributed by atoms with Crippen molar-refractivity contribution in [3.05, 3.63) is 63.1 Å². The zero-order valence-electron chi connectivity index (χ0n) is 10.8. The van der Waals surface area contributed by atoms with Gasteiger partial charge in [-0.25, -0.2) is 0 Å². The van der Waals surface area contributed by atoms with E-state index in [1.807, 2.05) is 43.3 Å². The highest BCUT2D eigenvalue weighted by Crippen LogP contribution is 2.30. The standard InChI is InChI=1S/C15H15Cl2NO/c1-9-7-11(16)4-5-12(9)15(18)10-3-6-14(19-2)13(17)8-10/h3-8,15H,18H2,1-2H3.